The molecule has 4 rings (SSSR count). The van der Waals surface area contributed by atoms with Crippen molar-refractivity contribution >= 4 is 17.5 Å². The lowest BCUT2D eigenvalue weighted by Gasteiger charge is -2.44. The number of anilines is 3. The molecule has 0 amide bonds. The Bertz CT molecular complexity index is 801. The largest absolute Gasteiger partial charge is 0.369 e. The highest BCUT2D eigenvalue weighted by Gasteiger charge is 2.37. The van der Waals surface area contributed by atoms with E-state index < -0.39 is 0 Å². The van der Waals surface area contributed by atoms with Crippen LogP contribution in [0.3, 0.4) is 0 Å². The highest BCUT2D eigenvalue weighted by atomic mass is 15.1. The van der Waals surface area contributed by atoms with Crippen LogP contribution in [0.2, 0.25) is 0 Å². The summed E-state index contributed by atoms with van der Waals surface area (Å²) in [5.74, 6) is 2.99. The van der Waals surface area contributed by atoms with Crippen molar-refractivity contribution in [1.29, 1.82) is 5.26 Å². The molecule has 0 saturated heterocycles. The van der Waals surface area contributed by atoms with E-state index in [2.05, 4.69) is 26.7 Å². The fourth-order valence-electron chi connectivity index (χ4n) is 4.63. The Labute approximate surface area is 160 Å². The first kappa shape index (κ1) is 17.7. The van der Waals surface area contributed by atoms with Gasteiger partial charge in [0.1, 0.15) is 17.5 Å². The van der Waals surface area contributed by atoms with Crippen molar-refractivity contribution in [2.75, 3.05) is 17.2 Å². The van der Waals surface area contributed by atoms with Gasteiger partial charge in [0.05, 0.1) is 6.20 Å². The number of para-hydroxylation sites is 1. The second-order valence-electron chi connectivity index (χ2n) is 7.81. The van der Waals surface area contributed by atoms with E-state index in [0.29, 0.717) is 41.1 Å². The Morgan fingerprint density at radius 1 is 1.15 bits per heavy atom. The van der Waals surface area contributed by atoms with Gasteiger partial charge in [-0.2, -0.15) is 10.2 Å². The molecule has 0 radical (unpaired) electrons. The van der Waals surface area contributed by atoms with E-state index in [1.807, 2.05) is 30.3 Å². The standard InChI is InChI=1S/C21H26N6/c22-11-17-13-25-21(26-18-7-2-1-3-8-18)27-20(17)24-12-14-9-15-5-4-6-16(10-14)19(15)23/h1-3,7-8,13-16,19H,4-6,9-10,12,23H2,(H2,24,25,26,27)/t14?,15-,16+,19?. The molecule has 2 bridgehead atoms. The Hall–Kier alpha value is -2.65. The number of fused-ring (bicyclic) bond motifs is 2. The zero-order chi connectivity index (χ0) is 18.6. The zero-order valence-electron chi connectivity index (χ0n) is 15.4. The number of nitriles is 1. The van der Waals surface area contributed by atoms with Crippen molar-refractivity contribution in [2.45, 2.75) is 38.1 Å². The lowest BCUT2D eigenvalue weighted by Crippen LogP contribution is -2.47. The van der Waals surface area contributed by atoms with Crippen molar-refractivity contribution in [3.05, 3.63) is 42.1 Å². The van der Waals surface area contributed by atoms with E-state index in [1.165, 1.54) is 32.1 Å². The van der Waals surface area contributed by atoms with Gasteiger partial charge in [0, 0.05) is 18.3 Å². The number of aromatic nitrogens is 2. The monoisotopic (exact) mass is 362 g/mol. The predicted octanol–water partition coefficient (Wildman–Crippen LogP) is 3.66. The zero-order valence-corrected chi connectivity index (χ0v) is 15.4. The average molecular weight is 362 g/mol. The topological polar surface area (TPSA) is 99.6 Å². The third-order valence-electron chi connectivity index (χ3n) is 6.01. The minimum Gasteiger partial charge on any atom is -0.369 e. The van der Waals surface area contributed by atoms with E-state index in [0.717, 1.165) is 12.2 Å². The molecule has 4 N–H and O–H groups in total. The fraction of sp³-hybridized carbons (Fsp3) is 0.476. The number of hydrogen-bond acceptors (Lipinski definition) is 6. The van der Waals surface area contributed by atoms with Crippen LogP contribution >= 0.6 is 0 Å². The molecule has 2 aromatic rings. The smallest absolute Gasteiger partial charge is 0.229 e. The molecule has 27 heavy (non-hydrogen) atoms. The summed E-state index contributed by atoms with van der Waals surface area (Å²) in [7, 11) is 0. The van der Waals surface area contributed by atoms with Crippen LogP contribution in [0.5, 0.6) is 0 Å². The average Bonchev–Trinajstić information content (AvgIpc) is 2.68. The Balaban J connectivity index is 1.43. The molecule has 1 aromatic heterocycles. The van der Waals surface area contributed by atoms with Crippen molar-refractivity contribution in [3.8, 4) is 6.07 Å². The minimum atomic E-state index is 0.380. The third kappa shape index (κ3) is 4.04. The van der Waals surface area contributed by atoms with E-state index in [1.54, 1.807) is 6.20 Å². The number of nitrogens with one attached hydrogen (secondary N) is 2. The van der Waals surface area contributed by atoms with Gasteiger partial charge in [-0.1, -0.05) is 24.6 Å². The quantitative estimate of drug-likeness (QED) is 0.751. The summed E-state index contributed by atoms with van der Waals surface area (Å²) in [4.78, 5) is 8.79. The van der Waals surface area contributed by atoms with Gasteiger partial charge >= 0.3 is 0 Å². The molecule has 0 aliphatic heterocycles. The number of nitrogens with two attached hydrogens (primary N) is 1. The van der Waals surface area contributed by atoms with Crippen LogP contribution < -0.4 is 16.4 Å². The maximum Gasteiger partial charge on any atom is 0.229 e. The summed E-state index contributed by atoms with van der Waals surface area (Å²) in [6, 6.07) is 12.4. The summed E-state index contributed by atoms with van der Waals surface area (Å²) >= 11 is 0. The fourth-order valence-corrected chi connectivity index (χ4v) is 4.63. The predicted molar refractivity (Wildman–Crippen MR) is 106 cm³/mol. The van der Waals surface area contributed by atoms with Crippen LogP contribution in [0.25, 0.3) is 0 Å². The van der Waals surface area contributed by atoms with Gasteiger partial charge in [0.2, 0.25) is 5.95 Å². The molecule has 0 spiro atoms. The van der Waals surface area contributed by atoms with E-state index >= 15 is 0 Å². The number of benzene rings is 1. The molecule has 2 saturated carbocycles. The van der Waals surface area contributed by atoms with Crippen molar-refractivity contribution in [2.24, 2.45) is 23.5 Å². The van der Waals surface area contributed by atoms with Crippen LogP contribution in [0, 0.1) is 29.1 Å². The SMILES string of the molecule is N#Cc1cnc(Nc2ccccc2)nc1NCC1C[C@H]2CCC[C@@H](C1)C2N. The van der Waals surface area contributed by atoms with Crippen LogP contribution in [-0.2, 0) is 0 Å². The molecule has 2 aliphatic carbocycles. The lowest BCUT2D eigenvalue weighted by atomic mass is 9.65. The van der Waals surface area contributed by atoms with Gasteiger partial charge in [-0.05, 0) is 55.6 Å². The summed E-state index contributed by atoms with van der Waals surface area (Å²) in [5.41, 5.74) is 7.79. The molecule has 1 heterocycles. The second kappa shape index (κ2) is 7.93. The lowest BCUT2D eigenvalue weighted by molar-refractivity contribution is 0.112. The molecule has 6 heteroatoms. The Morgan fingerprint density at radius 3 is 2.59 bits per heavy atom. The molecular formula is C21H26N6. The first-order chi connectivity index (χ1) is 13.2. The van der Waals surface area contributed by atoms with E-state index in [-0.39, 0.29) is 0 Å². The van der Waals surface area contributed by atoms with Crippen molar-refractivity contribution < 1.29 is 0 Å². The molecular weight excluding hydrogens is 336 g/mol. The highest BCUT2D eigenvalue weighted by Crippen LogP contribution is 2.41. The second-order valence-corrected chi connectivity index (χ2v) is 7.81. The highest BCUT2D eigenvalue weighted by molar-refractivity contribution is 5.58. The Kier molecular flexibility index (Phi) is 5.21. The number of rotatable bonds is 5. The van der Waals surface area contributed by atoms with Gasteiger partial charge in [-0.25, -0.2) is 4.98 Å². The third-order valence-corrected chi connectivity index (χ3v) is 6.01. The van der Waals surface area contributed by atoms with Gasteiger partial charge in [0.15, 0.2) is 0 Å². The van der Waals surface area contributed by atoms with Crippen molar-refractivity contribution in [1.82, 2.24) is 9.97 Å². The molecule has 4 atom stereocenters. The molecule has 1 aromatic carbocycles. The molecule has 2 aliphatic rings. The maximum absolute atomic E-state index is 9.40. The van der Waals surface area contributed by atoms with Crippen LogP contribution in [0.4, 0.5) is 17.5 Å². The van der Waals surface area contributed by atoms with Gasteiger partial charge < -0.3 is 16.4 Å². The summed E-state index contributed by atoms with van der Waals surface area (Å²) in [6.07, 6.45) is 7.76. The number of nitrogens with zero attached hydrogens (tertiary/aromatic N) is 3. The van der Waals surface area contributed by atoms with Crippen molar-refractivity contribution in [3.63, 3.8) is 0 Å². The summed E-state index contributed by atoms with van der Waals surface area (Å²) < 4.78 is 0. The summed E-state index contributed by atoms with van der Waals surface area (Å²) in [5, 5.41) is 16.0. The molecule has 2 fully saturated rings. The van der Waals surface area contributed by atoms with Gasteiger partial charge in [-0.3, -0.25) is 0 Å². The van der Waals surface area contributed by atoms with Crippen LogP contribution in [-0.4, -0.2) is 22.6 Å². The normalized spacial score (nSPS) is 26.8. The number of hydrogen-bond donors (Lipinski definition) is 3. The van der Waals surface area contributed by atoms with E-state index in [9.17, 15) is 5.26 Å². The van der Waals surface area contributed by atoms with Crippen LogP contribution in [0.15, 0.2) is 36.5 Å². The Morgan fingerprint density at radius 2 is 1.89 bits per heavy atom. The van der Waals surface area contributed by atoms with Gasteiger partial charge in [-0.15, -0.1) is 0 Å². The van der Waals surface area contributed by atoms with E-state index in [4.69, 9.17) is 5.73 Å². The molecule has 6 nitrogen and oxygen atoms in total. The maximum atomic E-state index is 9.40. The summed E-state index contributed by atoms with van der Waals surface area (Å²) in [6.45, 7) is 0.830. The molecule has 2 unspecified atom stereocenters. The first-order valence-corrected chi connectivity index (χ1v) is 9.81. The first-order valence-electron chi connectivity index (χ1n) is 9.81. The van der Waals surface area contributed by atoms with Crippen LogP contribution in [0.1, 0.15) is 37.7 Å². The molecule has 140 valence electrons. The van der Waals surface area contributed by atoms with Gasteiger partial charge in [0.25, 0.3) is 0 Å². The minimum absolute atomic E-state index is 0.380.